The highest BCUT2D eigenvalue weighted by atomic mass is 19.1. The van der Waals surface area contributed by atoms with Gasteiger partial charge in [-0.2, -0.15) is 0 Å². The molecule has 0 N–H and O–H groups in total. The van der Waals surface area contributed by atoms with E-state index in [-0.39, 0.29) is 11.8 Å². The van der Waals surface area contributed by atoms with Gasteiger partial charge in [0.05, 0.1) is 0 Å². The average Bonchev–Trinajstić information content (AvgIpc) is 2.67. The molecule has 16 heavy (non-hydrogen) atoms. The maximum atomic E-state index is 14.9. The predicted molar refractivity (Wildman–Crippen MR) is 59.7 cm³/mol. The number of ether oxygens (including phenoxy) is 1. The summed E-state index contributed by atoms with van der Waals surface area (Å²) >= 11 is 0. The van der Waals surface area contributed by atoms with E-state index in [0.29, 0.717) is 5.92 Å². The zero-order valence-electron chi connectivity index (χ0n) is 10.5. The highest BCUT2D eigenvalue weighted by molar-refractivity contribution is 5.81. The fourth-order valence-electron chi connectivity index (χ4n) is 3.28. The number of hydrogen-bond acceptors (Lipinski definition) is 2. The van der Waals surface area contributed by atoms with Gasteiger partial charge in [0.25, 0.3) is 0 Å². The van der Waals surface area contributed by atoms with Gasteiger partial charge in [-0.3, -0.25) is 0 Å². The van der Waals surface area contributed by atoms with Gasteiger partial charge >= 0.3 is 5.97 Å². The molecule has 0 amide bonds. The van der Waals surface area contributed by atoms with Crippen LogP contribution in [0.4, 0.5) is 4.39 Å². The van der Waals surface area contributed by atoms with E-state index < -0.39 is 17.2 Å². The second kappa shape index (κ2) is 3.44. The van der Waals surface area contributed by atoms with E-state index in [9.17, 15) is 9.18 Å². The SMILES string of the molecule is CC1C2CCC(C2)C1(F)C(=O)OC(C)(C)C. The molecule has 0 aromatic heterocycles. The standard InChI is InChI=1S/C13H21FO2/c1-8-9-5-6-10(7-9)13(8,14)11(15)16-12(2,3)4/h8-10H,5-7H2,1-4H3. The molecule has 2 bridgehead atoms. The second-order valence-corrected chi connectivity index (χ2v) is 6.33. The van der Waals surface area contributed by atoms with E-state index in [0.717, 1.165) is 19.3 Å². The average molecular weight is 228 g/mol. The Balaban J connectivity index is 2.16. The molecule has 2 fully saturated rings. The zero-order chi connectivity index (χ0) is 12.1. The number of esters is 1. The smallest absolute Gasteiger partial charge is 0.344 e. The molecule has 0 saturated heterocycles. The Hall–Kier alpha value is -0.600. The number of halogens is 1. The summed E-state index contributed by atoms with van der Waals surface area (Å²) in [6.07, 6.45) is 2.77. The van der Waals surface area contributed by atoms with Crippen LogP contribution in [0.1, 0.15) is 47.0 Å². The largest absolute Gasteiger partial charge is 0.458 e. The summed E-state index contributed by atoms with van der Waals surface area (Å²) in [5.41, 5.74) is -2.33. The second-order valence-electron chi connectivity index (χ2n) is 6.33. The van der Waals surface area contributed by atoms with Crippen LogP contribution in [0.5, 0.6) is 0 Å². The number of fused-ring (bicyclic) bond motifs is 2. The molecule has 0 aromatic carbocycles. The molecule has 3 heteroatoms. The van der Waals surface area contributed by atoms with Crippen LogP contribution in [0.15, 0.2) is 0 Å². The quantitative estimate of drug-likeness (QED) is 0.645. The van der Waals surface area contributed by atoms with Crippen LogP contribution < -0.4 is 0 Å². The van der Waals surface area contributed by atoms with E-state index in [2.05, 4.69) is 0 Å². The van der Waals surface area contributed by atoms with Crippen LogP contribution in [-0.4, -0.2) is 17.2 Å². The van der Waals surface area contributed by atoms with Crippen molar-refractivity contribution in [2.45, 2.75) is 58.2 Å². The first kappa shape index (κ1) is 11.9. The minimum atomic E-state index is -1.73. The molecule has 2 aliphatic rings. The summed E-state index contributed by atoms with van der Waals surface area (Å²) < 4.78 is 20.1. The minimum Gasteiger partial charge on any atom is -0.458 e. The highest BCUT2D eigenvalue weighted by Crippen LogP contribution is 2.57. The summed E-state index contributed by atoms with van der Waals surface area (Å²) in [7, 11) is 0. The van der Waals surface area contributed by atoms with Gasteiger partial charge in [-0.25, -0.2) is 9.18 Å². The third-order valence-corrected chi connectivity index (χ3v) is 4.15. The third-order valence-electron chi connectivity index (χ3n) is 4.15. The lowest BCUT2D eigenvalue weighted by atomic mass is 9.78. The van der Waals surface area contributed by atoms with E-state index >= 15 is 0 Å². The van der Waals surface area contributed by atoms with Crippen molar-refractivity contribution < 1.29 is 13.9 Å². The molecule has 0 heterocycles. The van der Waals surface area contributed by atoms with Crippen molar-refractivity contribution in [3.05, 3.63) is 0 Å². The van der Waals surface area contributed by atoms with Gasteiger partial charge in [0, 0.05) is 11.8 Å². The molecular weight excluding hydrogens is 207 g/mol. The normalized spacial score (nSPS) is 42.4. The summed E-state index contributed by atoms with van der Waals surface area (Å²) in [6, 6.07) is 0. The van der Waals surface area contributed by atoms with E-state index in [1.807, 2.05) is 6.92 Å². The lowest BCUT2D eigenvalue weighted by molar-refractivity contribution is -0.177. The van der Waals surface area contributed by atoms with Crippen LogP contribution >= 0.6 is 0 Å². The number of rotatable bonds is 1. The summed E-state index contributed by atoms with van der Waals surface area (Å²) in [5, 5.41) is 0. The van der Waals surface area contributed by atoms with Crippen molar-refractivity contribution in [2.24, 2.45) is 17.8 Å². The van der Waals surface area contributed by atoms with Gasteiger partial charge in [-0.05, 0) is 46.0 Å². The molecule has 0 spiro atoms. The first-order valence-electron chi connectivity index (χ1n) is 6.17. The molecule has 2 saturated carbocycles. The maximum Gasteiger partial charge on any atom is 0.344 e. The van der Waals surface area contributed by atoms with Crippen LogP contribution in [0.2, 0.25) is 0 Å². The predicted octanol–water partition coefficient (Wildman–Crippen LogP) is 3.10. The molecule has 4 unspecified atom stereocenters. The van der Waals surface area contributed by atoms with Crippen molar-refractivity contribution in [1.82, 2.24) is 0 Å². The van der Waals surface area contributed by atoms with Crippen LogP contribution in [0, 0.1) is 17.8 Å². The van der Waals surface area contributed by atoms with Gasteiger partial charge in [0.1, 0.15) is 5.60 Å². The first-order valence-corrected chi connectivity index (χ1v) is 6.17. The molecule has 0 radical (unpaired) electrons. The van der Waals surface area contributed by atoms with Gasteiger partial charge in [-0.15, -0.1) is 0 Å². The Morgan fingerprint density at radius 1 is 1.38 bits per heavy atom. The molecule has 2 rings (SSSR count). The summed E-state index contributed by atoms with van der Waals surface area (Å²) in [5.74, 6) is -0.550. The lowest BCUT2D eigenvalue weighted by Gasteiger charge is -2.35. The van der Waals surface area contributed by atoms with E-state index in [1.54, 1.807) is 20.8 Å². The lowest BCUT2D eigenvalue weighted by Crippen LogP contribution is -2.48. The van der Waals surface area contributed by atoms with Crippen LogP contribution in [0.25, 0.3) is 0 Å². The molecule has 2 aliphatic carbocycles. The zero-order valence-corrected chi connectivity index (χ0v) is 10.5. The number of alkyl halides is 1. The molecule has 92 valence electrons. The van der Waals surface area contributed by atoms with Crippen molar-refractivity contribution in [3.8, 4) is 0 Å². The van der Waals surface area contributed by atoms with E-state index in [1.165, 1.54) is 0 Å². The maximum absolute atomic E-state index is 14.9. The Morgan fingerprint density at radius 2 is 2.00 bits per heavy atom. The fraction of sp³-hybridized carbons (Fsp3) is 0.923. The van der Waals surface area contributed by atoms with Crippen LogP contribution in [-0.2, 0) is 9.53 Å². The summed E-state index contributed by atoms with van der Waals surface area (Å²) in [4.78, 5) is 12.0. The molecule has 2 nitrogen and oxygen atoms in total. The van der Waals surface area contributed by atoms with Gasteiger partial charge in [-0.1, -0.05) is 6.92 Å². The molecule has 4 atom stereocenters. The monoisotopic (exact) mass is 228 g/mol. The van der Waals surface area contributed by atoms with Crippen LogP contribution in [0.3, 0.4) is 0 Å². The Labute approximate surface area is 96.5 Å². The van der Waals surface area contributed by atoms with Crippen molar-refractivity contribution in [2.75, 3.05) is 0 Å². The first-order chi connectivity index (χ1) is 7.25. The van der Waals surface area contributed by atoms with Gasteiger partial charge in [0.15, 0.2) is 0 Å². The van der Waals surface area contributed by atoms with Crippen molar-refractivity contribution in [3.63, 3.8) is 0 Å². The number of carbonyl (C=O) groups is 1. The summed E-state index contributed by atoms with van der Waals surface area (Å²) in [6.45, 7) is 7.21. The Morgan fingerprint density at radius 3 is 2.44 bits per heavy atom. The number of hydrogen-bond donors (Lipinski definition) is 0. The Kier molecular flexibility index (Phi) is 2.56. The molecular formula is C13H21FO2. The van der Waals surface area contributed by atoms with Crippen molar-refractivity contribution in [1.29, 1.82) is 0 Å². The Bertz CT molecular complexity index is 304. The minimum absolute atomic E-state index is 0.109. The van der Waals surface area contributed by atoms with Gasteiger partial charge in [0.2, 0.25) is 5.67 Å². The van der Waals surface area contributed by atoms with Gasteiger partial charge < -0.3 is 4.74 Å². The highest BCUT2D eigenvalue weighted by Gasteiger charge is 2.62. The molecule has 0 aromatic rings. The topological polar surface area (TPSA) is 26.3 Å². The third kappa shape index (κ3) is 1.64. The van der Waals surface area contributed by atoms with Crippen molar-refractivity contribution >= 4 is 5.97 Å². The fourth-order valence-corrected chi connectivity index (χ4v) is 3.28. The molecule has 0 aliphatic heterocycles. The van der Waals surface area contributed by atoms with E-state index in [4.69, 9.17) is 4.74 Å². The number of carbonyl (C=O) groups excluding carboxylic acids is 1.